The SMILES string of the molecule is O=C(Cl)C1CCCN(C(=O)c2cccnc2)C1. The number of carbonyl (C=O) groups is 2. The molecule has 1 unspecified atom stereocenters. The highest BCUT2D eigenvalue weighted by Crippen LogP contribution is 2.20. The van der Waals surface area contributed by atoms with Crippen molar-refractivity contribution in [2.75, 3.05) is 13.1 Å². The highest BCUT2D eigenvalue weighted by molar-refractivity contribution is 6.64. The van der Waals surface area contributed by atoms with Gasteiger partial charge in [0.2, 0.25) is 5.24 Å². The Morgan fingerprint density at radius 3 is 2.94 bits per heavy atom. The Labute approximate surface area is 105 Å². The summed E-state index contributed by atoms with van der Waals surface area (Å²) in [6, 6.07) is 3.45. The van der Waals surface area contributed by atoms with Gasteiger partial charge in [-0.05, 0) is 36.6 Å². The molecule has 1 aromatic heterocycles. The van der Waals surface area contributed by atoms with E-state index in [1.165, 1.54) is 6.20 Å². The van der Waals surface area contributed by atoms with Gasteiger partial charge in [-0.25, -0.2) is 0 Å². The third-order valence-electron chi connectivity index (χ3n) is 2.94. The van der Waals surface area contributed by atoms with Crippen LogP contribution in [0, 0.1) is 5.92 Å². The molecule has 1 amide bonds. The Kier molecular flexibility index (Phi) is 3.74. The summed E-state index contributed by atoms with van der Waals surface area (Å²) in [5.41, 5.74) is 0.551. The lowest BCUT2D eigenvalue weighted by Gasteiger charge is -2.30. The fourth-order valence-electron chi connectivity index (χ4n) is 2.02. The zero-order chi connectivity index (χ0) is 12.3. The molecule has 1 aliphatic heterocycles. The highest BCUT2D eigenvalue weighted by atomic mass is 35.5. The third-order valence-corrected chi connectivity index (χ3v) is 3.25. The zero-order valence-electron chi connectivity index (χ0n) is 9.30. The fraction of sp³-hybridized carbons (Fsp3) is 0.417. The number of piperidine rings is 1. The summed E-state index contributed by atoms with van der Waals surface area (Å²) >= 11 is 5.48. The maximum Gasteiger partial charge on any atom is 0.255 e. The number of carbonyl (C=O) groups excluding carboxylic acids is 2. The van der Waals surface area contributed by atoms with Crippen LogP contribution >= 0.6 is 11.6 Å². The molecule has 2 rings (SSSR count). The van der Waals surface area contributed by atoms with Crippen LogP contribution in [0.2, 0.25) is 0 Å². The minimum Gasteiger partial charge on any atom is -0.338 e. The number of hydrogen-bond donors (Lipinski definition) is 0. The second-order valence-electron chi connectivity index (χ2n) is 4.14. The Balaban J connectivity index is 2.07. The first-order chi connectivity index (χ1) is 8.18. The minimum absolute atomic E-state index is 0.0827. The fourth-order valence-corrected chi connectivity index (χ4v) is 2.20. The van der Waals surface area contributed by atoms with Crippen LogP contribution in [0.4, 0.5) is 0 Å². The molecule has 0 bridgehead atoms. The number of likely N-dealkylation sites (tertiary alicyclic amines) is 1. The minimum atomic E-state index is -0.353. The predicted molar refractivity (Wildman–Crippen MR) is 63.7 cm³/mol. The van der Waals surface area contributed by atoms with Crippen LogP contribution in [-0.4, -0.2) is 34.1 Å². The van der Waals surface area contributed by atoms with Crippen LogP contribution in [0.15, 0.2) is 24.5 Å². The highest BCUT2D eigenvalue weighted by Gasteiger charge is 2.27. The van der Waals surface area contributed by atoms with Crippen molar-refractivity contribution in [1.82, 2.24) is 9.88 Å². The Morgan fingerprint density at radius 2 is 2.29 bits per heavy atom. The Bertz CT molecular complexity index is 422. The molecule has 4 nitrogen and oxygen atoms in total. The summed E-state index contributed by atoms with van der Waals surface area (Å²) < 4.78 is 0. The molecule has 0 radical (unpaired) electrons. The van der Waals surface area contributed by atoms with Crippen molar-refractivity contribution < 1.29 is 9.59 Å². The molecule has 1 atom stereocenters. The number of nitrogens with zero attached hydrogens (tertiary/aromatic N) is 2. The van der Waals surface area contributed by atoms with Crippen molar-refractivity contribution in [2.45, 2.75) is 12.8 Å². The number of hydrogen-bond acceptors (Lipinski definition) is 3. The first-order valence-corrected chi connectivity index (χ1v) is 5.95. The van der Waals surface area contributed by atoms with Crippen LogP contribution in [0.25, 0.3) is 0 Å². The normalized spacial score (nSPS) is 20.1. The lowest BCUT2D eigenvalue weighted by Crippen LogP contribution is -2.41. The van der Waals surface area contributed by atoms with E-state index >= 15 is 0 Å². The van der Waals surface area contributed by atoms with E-state index in [9.17, 15) is 9.59 Å². The van der Waals surface area contributed by atoms with Crippen molar-refractivity contribution in [1.29, 1.82) is 0 Å². The van der Waals surface area contributed by atoms with Gasteiger partial charge in [-0.15, -0.1) is 0 Å². The van der Waals surface area contributed by atoms with E-state index < -0.39 is 0 Å². The van der Waals surface area contributed by atoms with Gasteiger partial charge < -0.3 is 4.90 Å². The van der Waals surface area contributed by atoms with Gasteiger partial charge in [0.15, 0.2) is 0 Å². The average molecular weight is 253 g/mol. The smallest absolute Gasteiger partial charge is 0.255 e. The quantitative estimate of drug-likeness (QED) is 0.753. The molecule has 0 aromatic carbocycles. The summed E-state index contributed by atoms with van der Waals surface area (Å²) in [4.78, 5) is 28.8. The summed E-state index contributed by atoms with van der Waals surface area (Å²) in [6.07, 6.45) is 4.74. The van der Waals surface area contributed by atoms with Gasteiger partial charge in [0.05, 0.1) is 11.5 Å². The van der Waals surface area contributed by atoms with E-state index in [0.29, 0.717) is 18.7 Å². The second-order valence-corrected chi connectivity index (χ2v) is 4.51. The summed E-state index contributed by atoms with van der Waals surface area (Å²) in [5, 5.41) is -0.353. The van der Waals surface area contributed by atoms with Crippen molar-refractivity contribution in [3.05, 3.63) is 30.1 Å². The van der Waals surface area contributed by atoms with Gasteiger partial charge >= 0.3 is 0 Å². The molecule has 0 N–H and O–H groups in total. The van der Waals surface area contributed by atoms with E-state index in [4.69, 9.17) is 11.6 Å². The molecule has 90 valence electrons. The maximum absolute atomic E-state index is 12.1. The van der Waals surface area contributed by atoms with Gasteiger partial charge in [0, 0.05) is 25.5 Å². The topological polar surface area (TPSA) is 50.3 Å². The van der Waals surface area contributed by atoms with E-state index in [1.54, 1.807) is 23.2 Å². The van der Waals surface area contributed by atoms with Gasteiger partial charge in [0.1, 0.15) is 0 Å². The number of pyridine rings is 1. The standard InChI is InChI=1S/C12H13ClN2O2/c13-11(16)10-4-2-6-15(8-10)12(17)9-3-1-5-14-7-9/h1,3,5,7,10H,2,4,6,8H2. The molecule has 1 aliphatic rings. The second kappa shape index (κ2) is 5.27. The van der Waals surface area contributed by atoms with Crippen LogP contribution in [0.3, 0.4) is 0 Å². The number of halogens is 1. The lowest BCUT2D eigenvalue weighted by molar-refractivity contribution is -0.116. The van der Waals surface area contributed by atoms with Gasteiger partial charge in [-0.2, -0.15) is 0 Å². The number of rotatable bonds is 2. The first kappa shape index (κ1) is 12.0. The van der Waals surface area contributed by atoms with E-state index in [1.807, 2.05) is 0 Å². The van der Waals surface area contributed by atoms with Crippen LogP contribution in [0.5, 0.6) is 0 Å². The van der Waals surface area contributed by atoms with Crippen molar-refractivity contribution in [2.24, 2.45) is 5.92 Å². The number of aromatic nitrogens is 1. The van der Waals surface area contributed by atoms with Crippen molar-refractivity contribution in [3.63, 3.8) is 0 Å². The molecule has 1 fully saturated rings. The van der Waals surface area contributed by atoms with Gasteiger partial charge in [0.25, 0.3) is 5.91 Å². The molecule has 1 aromatic rings. The van der Waals surface area contributed by atoms with Crippen LogP contribution in [0.1, 0.15) is 23.2 Å². The summed E-state index contributed by atoms with van der Waals surface area (Å²) in [7, 11) is 0. The molecular formula is C12H13ClN2O2. The molecular weight excluding hydrogens is 240 g/mol. The molecule has 0 saturated carbocycles. The van der Waals surface area contributed by atoms with Crippen LogP contribution in [-0.2, 0) is 4.79 Å². The van der Waals surface area contributed by atoms with Crippen molar-refractivity contribution in [3.8, 4) is 0 Å². The van der Waals surface area contributed by atoms with E-state index in [-0.39, 0.29) is 17.1 Å². The lowest BCUT2D eigenvalue weighted by atomic mass is 9.99. The Morgan fingerprint density at radius 1 is 1.47 bits per heavy atom. The largest absolute Gasteiger partial charge is 0.338 e. The monoisotopic (exact) mass is 252 g/mol. The molecule has 2 heterocycles. The summed E-state index contributed by atoms with van der Waals surface area (Å²) in [5.74, 6) is -0.313. The molecule has 5 heteroatoms. The van der Waals surface area contributed by atoms with Gasteiger partial charge in [-0.1, -0.05) is 0 Å². The first-order valence-electron chi connectivity index (χ1n) is 5.57. The maximum atomic E-state index is 12.1. The predicted octanol–water partition coefficient (Wildman–Crippen LogP) is 1.70. The average Bonchev–Trinajstić information content (AvgIpc) is 2.39. The van der Waals surface area contributed by atoms with Gasteiger partial charge in [-0.3, -0.25) is 14.6 Å². The molecule has 0 aliphatic carbocycles. The van der Waals surface area contributed by atoms with E-state index in [2.05, 4.69) is 4.98 Å². The third kappa shape index (κ3) is 2.82. The number of amides is 1. The molecule has 1 saturated heterocycles. The summed E-state index contributed by atoms with van der Waals surface area (Å²) in [6.45, 7) is 1.09. The van der Waals surface area contributed by atoms with Crippen molar-refractivity contribution >= 4 is 22.8 Å². The molecule has 0 spiro atoms. The zero-order valence-corrected chi connectivity index (χ0v) is 10.1. The van der Waals surface area contributed by atoms with Crippen LogP contribution < -0.4 is 0 Å². The Hall–Kier alpha value is -1.42. The molecule has 17 heavy (non-hydrogen) atoms. The van der Waals surface area contributed by atoms with E-state index in [0.717, 1.165) is 12.8 Å².